The zero-order valence-electron chi connectivity index (χ0n) is 17.0. The van der Waals surface area contributed by atoms with Gasteiger partial charge in [0.1, 0.15) is 5.82 Å². The van der Waals surface area contributed by atoms with Crippen molar-refractivity contribution in [1.82, 2.24) is 19.0 Å². The number of nitrogens with zero attached hydrogens (tertiary/aromatic N) is 4. The van der Waals surface area contributed by atoms with Gasteiger partial charge in [0.05, 0.1) is 17.7 Å². The third-order valence-corrected chi connectivity index (χ3v) is 6.14. The van der Waals surface area contributed by atoms with Gasteiger partial charge >= 0.3 is 0 Å². The molecular formula is C22H27N5OS. The monoisotopic (exact) mass is 409 g/mol. The van der Waals surface area contributed by atoms with Crippen molar-refractivity contribution in [1.29, 1.82) is 0 Å². The molecule has 1 amide bonds. The Labute approximate surface area is 176 Å². The molecule has 0 bridgehead atoms. The first-order chi connectivity index (χ1) is 14.1. The number of nitrogens with one attached hydrogen (secondary N) is 1. The summed E-state index contributed by atoms with van der Waals surface area (Å²) in [6.07, 6.45) is 3.46. The largest absolute Gasteiger partial charge is 0.317 e. The molecule has 1 N–H and O–H groups in total. The number of carbonyl (C=O) groups is 1. The van der Waals surface area contributed by atoms with Crippen LogP contribution in [0.15, 0.2) is 42.6 Å². The Morgan fingerprint density at radius 1 is 1.14 bits per heavy atom. The number of fused-ring (bicyclic) bond motifs is 1. The fourth-order valence-electron chi connectivity index (χ4n) is 4.02. The van der Waals surface area contributed by atoms with Gasteiger partial charge < -0.3 is 14.5 Å². The molecule has 7 heteroatoms. The predicted molar refractivity (Wildman–Crippen MR) is 118 cm³/mol. The number of likely N-dealkylation sites (tertiary alicyclic amines) is 1. The number of hydrogen-bond acceptors (Lipinski definition) is 4. The second-order valence-corrected chi connectivity index (χ2v) is 8.05. The summed E-state index contributed by atoms with van der Waals surface area (Å²) in [6, 6.07) is 12.2. The van der Waals surface area contributed by atoms with E-state index in [1.165, 1.54) is 11.0 Å². The number of amides is 1. The number of carbonyl (C=O) groups excluding carboxylic acids is 1. The number of aromatic nitrogens is 3. The molecule has 0 saturated carbocycles. The maximum atomic E-state index is 12.6. The van der Waals surface area contributed by atoms with Gasteiger partial charge in [-0.05, 0) is 62.7 Å². The highest BCUT2D eigenvalue weighted by atomic mass is 32.1. The van der Waals surface area contributed by atoms with E-state index in [1.807, 2.05) is 19.1 Å². The van der Waals surface area contributed by atoms with Gasteiger partial charge in [0, 0.05) is 31.7 Å². The summed E-state index contributed by atoms with van der Waals surface area (Å²) in [5, 5.41) is 2.95. The molecule has 0 spiro atoms. The molecule has 6 nitrogen and oxygen atoms in total. The van der Waals surface area contributed by atoms with Crippen LogP contribution >= 0.6 is 12.2 Å². The van der Waals surface area contributed by atoms with E-state index in [0.717, 1.165) is 49.5 Å². The highest BCUT2D eigenvalue weighted by molar-refractivity contribution is 7.71. The molecule has 1 aliphatic rings. The first-order valence-electron chi connectivity index (χ1n) is 10.2. The molecular weight excluding hydrogens is 382 g/mol. The highest BCUT2D eigenvalue weighted by Crippen LogP contribution is 2.22. The molecule has 1 saturated heterocycles. The number of piperidine rings is 1. The van der Waals surface area contributed by atoms with Crippen LogP contribution in [-0.4, -0.2) is 38.0 Å². The van der Waals surface area contributed by atoms with Crippen molar-refractivity contribution in [2.45, 2.75) is 39.9 Å². The summed E-state index contributed by atoms with van der Waals surface area (Å²) in [6.45, 7) is 7.50. The molecule has 3 heterocycles. The minimum Gasteiger partial charge on any atom is -0.317 e. The van der Waals surface area contributed by atoms with E-state index in [-0.39, 0.29) is 11.8 Å². The molecule has 152 valence electrons. The topological polar surface area (TPSA) is 55.1 Å². The molecule has 29 heavy (non-hydrogen) atoms. The summed E-state index contributed by atoms with van der Waals surface area (Å²) in [5.74, 6) is 0.723. The second-order valence-electron chi connectivity index (χ2n) is 7.69. The fraction of sp³-hybridized carbons (Fsp3) is 0.409. The number of aryl methyl sites for hydroxylation is 2. The van der Waals surface area contributed by atoms with Crippen LogP contribution in [0.3, 0.4) is 0 Å². The molecule has 0 atom stereocenters. The maximum Gasteiger partial charge on any atom is 0.228 e. The van der Waals surface area contributed by atoms with Crippen LogP contribution in [0.5, 0.6) is 0 Å². The Morgan fingerprint density at radius 3 is 2.45 bits per heavy atom. The van der Waals surface area contributed by atoms with E-state index in [0.29, 0.717) is 5.82 Å². The lowest BCUT2D eigenvalue weighted by Crippen LogP contribution is -2.39. The van der Waals surface area contributed by atoms with Crippen LogP contribution in [0, 0.1) is 17.6 Å². The van der Waals surface area contributed by atoms with E-state index >= 15 is 0 Å². The van der Waals surface area contributed by atoms with Gasteiger partial charge in [0.2, 0.25) is 5.91 Å². The van der Waals surface area contributed by atoms with Crippen LogP contribution in [0.25, 0.3) is 11.0 Å². The van der Waals surface area contributed by atoms with Gasteiger partial charge in [0.15, 0.2) is 4.77 Å². The van der Waals surface area contributed by atoms with Gasteiger partial charge in [-0.3, -0.25) is 9.69 Å². The van der Waals surface area contributed by atoms with Crippen molar-refractivity contribution in [3.8, 4) is 0 Å². The zero-order valence-corrected chi connectivity index (χ0v) is 17.8. The normalized spacial score (nSPS) is 15.7. The molecule has 2 aromatic heterocycles. The quantitative estimate of drug-likeness (QED) is 0.642. The predicted octanol–water partition coefficient (Wildman–Crippen LogP) is 4.20. The summed E-state index contributed by atoms with van der Waals surface area (Å²) < 4.78 is 5.25. The van der Waals surface area contributed by atoms with Crippen LogP contribution in [0.1, 0.15) is 25.3 Å². The van der Waals surface area contributed by atoms with Crippen molar-refractivity contribution in [3.05, 3.63) is 52.9 Å². The molecule has 0 unspecified atom stereocenters. The minimum atomic E-state index is 0.0271. The summed E-state index contributed by atoms with van der Waals surface area (Å²) in [7, 11) is 0. The van der Waals surface area contributed by atoms with E-state index in [2.05, 4.69) is 55.5 Å². The molecule has 4 rings (SSSR count). The van der Waals surface area contributed by atoms with Crippen molar-refractivity contribution in [2.75, 3.05) is 18.4 Å². The minimum absolute atomic E-state index is 0.0271. The highest BCUT2D eigenvalue weighted by Gasteiger charge is 2.26. The molecule has 1 fully saturated rings. The lowest BCUT2D eigenvalue weighted by Gasteiger charge is -2.31. The van der Waals surface area contributed by atoms with E-state index < -0.39 is 0 Å². The average Bonchev–Trinajstić information content (AvgIpc) is 3.01. The van der Waals surface area contributed by atoms with Crippen molar-refractivity contribution in [3.63, 3.8) is 0 Å². The first kappa shape index (κ1) is 19.8. The SMILES string of the molecule is CCn1c(=S)n(CN2CCC(C(=O)Nc3ccc(C)cn3)CC2)c2ccccc21. The molecule has 1 aromatic carbocycles. The number of imidazole rings is 1. The first-order valence-corrected chi connectivity index (χ1v) is 10.6. The number of pyridine rings is 1. The summed E-state index contributed by atoms with van der Waals surface area (Å²) >= 11 is 5.74. The second kappa shape index (κ2) is 8.47. The Balaban J connectivity index is 1.40. The zero-order chi connectivity index (χ0) is 20.4. The maximum absolute atomic E-state index is 12.6. The summed E-state index contributed by atoms with van der Waals surface area (Å²) in [4.78, 5) is 19.3. The van der Waals surface area contributed by atoms with E-state index in [4.69, 9.17) is 12.2 Å². The van der Waals surface area contributed by atoms with Gasteiger partial charge in [-0.2, -0.15) is 0 Å². The number of hydrogen-bond donors (Lipinski definition) is 1. The van der Waals surface area contributed by atoms with E-state index in [1.54, 1.807) is 6.20 Å². The molecule has 3 aromatic rings. The average molecular weight is 410 g/mol. The van der Waals surface area contributed by atoms with Crippen LogP contribution < -0.4 is 5.32 Å². The van der Waals surface area contributed by atoms with Gasteiger partial charge in [-0.1, -0.05) is 18.2 Å². The number of anilines is 1. The third kappa shape index (κ3) is 4.11. The van der Waals surface area contributed by atoms with Crippen molar-refractivity contribution in [2.24, 2.45) is 5.92 Å². The number of benzene rings is 1. The van der Waals surface area contributed by atoms with Gasteiger partial charge in [-0.15, -0.1) is 0 Å². The third-order valence-electron chi connectivity index (χ3n) is 5.70. The Kier molecular flexibility index (Phi) is 5.78. The van der Waals surface area contributed by atoms with Crippen molar-refractivity contribution >= 4 is 35.0 Å². The van der Waals surface area contributed by atoms with Crippen molar-refractivity contribution < 1.29 is 4.79 Å². The summed E-state index contributed by atoms with van der Waals surface area (Å²) in [5.41, 5.74) is 3.43. The Morgan fingerprint density at radius 2 is 1.83 bits per heavy atom. The smallest absolute Gasteiger partial charge is 0.228 e. The lowest BCUT2D eigenvalue weighted by molar-refractivity contribution is -0.121. The van der Waals surface area contributed by atoms with Crippen LogP contribution in [0.4, 0.5) is 5.82 Å². The fourth-order valence-corrected chi connectivity index (χ4v) is 4.40. The standard InChI is InChI=1S/C22H27N5OS/c1-3-26-18-6-4-5-7-19(18)27(22(26)29)15-25-12-10-17(11-13-25)21(28)24-20-9-8-16(2)14-23-20/h4-9,14,17H,3,10-13,15H2,1-2H3,(H,23,24,28). The van der Waals surface area contributed by atoms with Crippen LogP contribution in [-0.2, 0) is 18.0 Å². The van der Waals surface area contributed by atoms with Gasteiger partial charge in [0.25, 0.3) is 0 Å². The molecule has 1 aliphatic heterocycles. The van der Waals surface area contributed by atoms with E-state index in [9.17, 15) is 4.79 Å². The Bertz CT molecular complexity index is 1060. The molecule has 0 aliphatic carbocycles. The molecule has 0 radical (unpaired) electrons. The van der Waals surface area contributed by atoms with Gasteiger partial charge in [-0.25, -0.2) is 4.98 Å². The number of para-hydroxylation sites is 2. The van der Waals surface area contributed by atoms with Crippen LogP contribution in [0.2, 0.25) is 0 Å². The number of rotatable bonds is 5. The lowest BCUT2D eigenvalue weighted by atomic mass is 9.96. The Hall–Kier alpha value is -2.51.